The molecule has 0 aliphatic carbocycles. The predicted molar refractivity (Wildman–Crippen MR) is 110 cm³/mol. The van der Waals surface area contributed by atoms with Gasteiger partial charge < -0.3 is 10.4 Å². The Morgan fingerprint density at radius 3 is 2.16 bits per heavy atom. The second-order valence-corrected chi connectivity index (χ2v) is 7.18. The number of nitrogens with zero attached hydrogens (tertiary/aromatic N) is 1. The zero-order chi connectivity index (χ0) is 22.9. The maximum atomic E-state index is 13.0. The third-order valence-electron chi connectivity index (χ3n) is 4.82. The molecule has 160 valence electrons. The number of aryl methyl sites for hydroxylation is 3. The summed E-state index contributed by atoms with van der Waals surface area (Å²) in [5.41, 5.74) is 1.98. The van der Waals surface area contributed by atoms with Crippen LogP contribution in [-0.4, -0.2) is 22.0 Å². The van der Waals surface area contributed by atoms with Crippen LogP contribution in [0.2, 0.25) is 0 Å². The molecule has 5 nitrogen and oxygen atoms in total. The highest BCUT2D eigenvalue weighted by atomic mass is 19.4. The quantitative estimate of drug-likeness (QED) is 0.563. The lowest BCUT2D eigenvalue weighted by Gasteiger charge is -2.14. The summed E-state index contributed by atoms with van der Waals surface area (Å²) in [5.74, 6) is -1.61. The Labute approximate surface area is 176 Å². The van der Waals surface area contributed by atoms with Gasteiger partial charge in [0.1, 0.15) is 5.69 Å². The summed E-state index contributed by atoms with van der Waals surface area (Å²) in [5, 5.41) is 11.9. The number of hydrogen-bond acceptors (Lipinski definition) is 3. The number of carboxylic acids is 1. The molecule has 0 radical (unpaired) electrons. The molecule has 0 fully saturated rings. The maximum Gasteiger partial charge on any atom is 0.416 e. The molecule has 0 spiro atoms. The van der Waals surface area contributed by atoms with Crippen LogP contribution in [0.1, 0.15) is 43.1 Å². The predicted octanol–water partition coefficient (Wildman–Crippen LogP) is 5.64. The molecule has 3 aromatic rings. The number of aromatic carboxylic acids is 1. The first kappa shape index (κ1) is 22.0. The summed E-state index contributed by atoms with van der Waals surface area (Å²) in [6.07, 6.45) is -4.49. The van der Waals surface area contributed by atoms with Crippen LogP contribution in [-0.2, 0) is 6.18 Å². The molecule has 0 unspecified atom stereocenters. The molecule has 0 aliphatic rings. The number of benzene rings is 2. The summed E-state index contributed by atoms with van der Waals surface area (Å²) >= 11 is 0. The van der Waals surface area contributed by atoms with Gasteiger partial charge in [-0.3, -0.25) is 4.79 Å². The van der Waals surface area contributed by atoms with Gasteiger partial charge in [0.15, 0.2) is 0 Å². The molecule has 31 heavy (non-hydrogen) atoms. The van der Waals surface area contributed by atoms with Crippen molar-refractivity contribution in [3.8, 4) is 11.3 Å². The molecule has 1 heterocycles. The van der Waals surface area contributed by atoms with E-state index >= 15 is 0 Å². The number of aromatic nitrogens is 1. The number of carboxylic acid groups (broad SMARTS) is 1. The van der Waals surface area contributed by atoms with E-state index in [0.717, 1.165) is 12.1 Å². The van der Waals surface area contributed by atoms with Gasteiger partial charge >= 0.3 is 12.1 Å². The van der Waals surface area contributed by atoms with Crippen molar-refractivity contribution in [3.05, 3.63) is 82.0 Å². The molecule has 0 atom stereocenters. The van der Waals surface area contributed by atoms with Gasteiger partial charge in [0, 0.05) is 11.3 Å². The van der Waals surface area contributed by atoms with Crippen molar-refractivity contribution in [2.24, 2.45) is 0 Å². The summed E-state index contributed by atoms with van der Waals surface area (Å²) in [4.78, 5) is 28.4. The molecule has 0 saturated carbocycles. The first-order chi connectivity index (χ1) is 14.5. The molecule has 0 aliphatic heterocycles. The fourth-order valence-electron chi connectivity index (χ4n) is 3.23. The van der Waals surface area contributed by atoms with E-state index in [-0.39, 0.29) is 22.5 Å². The molecular formula is C23H19F3N2O3. The smallest absolute Gasteiger partial charge is 0.416 e. The van der Waals surface area contributed by atoms with E-state index in [0.29, 0.717) is 22.4 Å². The number of halogens is 3. The SMILES string of the molecule is Cc1ccc(-c2cccc(C(F)(F)F)c2)nc1C(=O)Nc1c(C)cc(C(=O)O)cc1C. The van der Waals surface area contributed by atoms with Crippen molar-refractivity contribution >= 4 is 17.6 Å². The molecule has 1 amide bonds. The van der Waals surface area contributed by atoms with Gasteiger partial charge in [-0.2, -0.15) is 13.2 Å². The fourth-order valence-corrected chi connectivity index (χ4v) is 3.23. The number of carbonyl (C=O) groups is 2. The van der Waals surface area contributed by atoms with Gasteiger partial charge in [0.25, 0.3) is 5.91 Å². The van der Waals surface area contributed by atoms with E-state index in [9.17, 15) is 22.8 Å². The maximum absolute atomic E-state index is 13.0. The summed E-state index contributed by atoms with van der Waals surface area (Å²) < 4.78 is 39.1. The number of carbonyl (C=O) groups excluding carboxylic acids is 1. The monoisotopic (exact) mass is 428 g/mol. The van der Waals surface area contributed by atoms with E-state index in [4.69, 9.17) is 5.11 Å². The first-order valence-corrected chi connectivity index (χ1v) is 9.28. The lowest BCUT2D eigenvalue weighted by Crippen LogP contribution is -2.17. The molecule has 1 aromatic heterocycles. The highest BCUT2D eigenvalue weighted by Gasteiger charge is 2.30. The average Bonchev–Trinajstić information content (AvgIpc) is 2.70. The van der Waals surface area contributed by atoms with Gasteiger partial charge in [0.2, 0.25) is 0 Å². The molecule has 0 saturated heterocycles. The lowest BCUT2D eigenvalue weighted by atomic mass is 10.0. The minimum Gasteiger partial charge on any atom is -0.478 e. The van der Waals surface area contributed by atoms with Crippen molar-refractivity contribution in [2.75, 3.05) is 5.32 Å². The Morgan fingerprint density at radius 1 is 0.935 bits per heavy atom. The Bertz CT molecular complexity index is 1160. The van der Waals surface area contributed by atoms with Gasteiger partial charge in [0.05, 0.1) is 16.8 Å². The zero-order valence-corrected chi connectivity index (χ0v) is 17.0. The van der Waals surface area contributed by atoms with Crippen LogP contribution in [0.3, 0.4) is 0 Å². The number of anilines is 1. The lowest BCUT2D eigenvalue weighted by molar-refractivity contribution is -0.137. The van der Waals surface area contributed by atoms with Crippen molar-refractivity contribution in [3.63, 3.8) is 0 Å². The number of amides is 1. The summed E-state index contributed by atoms with van der Waals surface area (Å²) in [7, 11) is 0. The summed E-state index contributed by atoms with van der Waals surface area (Å²) in [6.45, 7) is 5.02. The largest absolute Gasteiger partial charge is 0.478 e. The third kappa shape index (κ3) is 4.74. The Balaban J connectivity index is 1.96. The van der Waals surface area contributed by atoms with Gasteiger partial charge in [-0.15, -0.1) is 0 Å². The number of pyridine rings is 1. The molecule has 0 bridgehead atoms. The van der Waals surface area contributed by atoms with Crippen LogP contribution in [0, 0.1) is 20.8 Å². The number of alkyl halides is 3. The topological polar surface area (TPSA) is 79.3 Å². The highest BCUT2D eigenvalue weighted by Crippen LogP contribution is 2.32. The second-order valence-electron chi connectivity index (χ2n) is 7.18. The third-order valence-corrected chi connectivity index (χ3v) is 4.82. The molecular weight excluding hydrogens is 409 g/mol. The van der Waals surface area contributed by atoms with E-state index in [1.807, 2.05) is 0 Å². The molecule has 2 N–H and O–H groups in total. The van der Waals surface area contributed by atoms with Crippen LogP contribution in [0.5, 0.6) is 0 Å². The minimum atomic E-state index is -4.49. The van der Waals surface area contributed by atoms with Crippen molar-refractivity contribution in [1.82, 2.24) is 4.98 Å². The Morgan fingerprint density at radius 2 is 1.58 bits per heavy atom. The first-order valence-electron chi connectivity index (χ1n) is 9.28. The van der Waals surface area contributed by atoms with Gasteiger partial charge in [-0.1, -0.05) is 18.2 Å². The van der Waals surface area contributed by atoms with E-state index in [1.54, 1.807) is 32.9 Å². The molecule has 8 heteroatoms. The van der Waals surface area contributed by atoms with E-state index < -0.39 is 23.6 Å². The van der Waals surface area contributed by atoms with Crippen LogP contribution in [0.15, 0.2) is 48.5 Å². The Hall–Kier alpha value is -3.68. The Kier molecular flexibility index (Phi) is 5.83. The van der Waals surface area contributed by atoms with Crippen molar-refractivity contribution in [1.29, 1.82) is 0 Å². The highest BCUT2D eigenvalue weighted by molar-refractivity contribution is 6.05. The second kappa shape index (κ2) is 8.22. The van der Waals surface area contributed by atoms with Crippen molar-refractivity contribution in [2.45, 2.75) is 26.9 Å². The van der Waals surface area contributed by atoms with E-state index in [2.05, 4.69) is 10.3 Å². The number of nitrogens with one attached hydrogen (secondary N) is 1. The van der Waals surface area contributed by atoms with Crippen LogP contribution in [0.25, 0.3) is 11.3 Å². The van der Waals surface area contributed by atoms with Crippen LogP contribution in [0.4, 0.5) is 18.9 Å². The van der Waals surface area contributed by atoms with Crippen molar-refractivity contribution < 1.29 is 27.9 Å². The van der Waals surface area contributed by atoms with Crippen LogP contribution < -0.4 is 5.32 Å². The zero-order valence-electron chi connectivity index (χ0n) is 17.0. The molecule has 3 rings (SSSR count). The number of hydrogen-bond donors (Lipinski definition) is 2. The number of rotatable bonds is 4. The standard InChI is InChI=1S/C23H19F3N2O3/c1-12-7-8-18(15-5-4-6-17(11-15)23(24,25)26)27-20(12)21(29)28-19-13(2)9-16(22(30)31)10-14(19)3/h4-11H,1-3H3,(H,28,29)(H,30,31). The summed E-state index contributed by atoms with van der Waals surface area (Å²) in [6, 6.07) is 10.8. The minimum absolute atomic E-state index is 0.0658. The van der Waals surface area contributed by atoms with Gasteiger partial charge in [-0.25, -0.2) is 9.78 Å². The average molecular weight is 428 g/mol. The normalized spacial score (nSPS) is 11.3. The fraction of sp³-hybridized carbons (Fsp3) is 0.174. The van der Waals surface area contributed by atoms with E-state index in [1.165, 1.54) is 24.3 Å². The van der Waals surface area contributed by atoms with Crippen LogP contribution >= 0.6 is 0 Å². The van der Waals surface area contributed by atoms with Gasteiger partial charge in [-0.05, 0) is 67.8 Å². The molecule has 2 aromatic carbocycles.